The molecule has 1 atom stereocenters. The van der Waals surface area contributed by atoms with Gasteiger partial charge >= 0.3 is 5.97 Å². The predicted molar refractivity (Wildman–Crippen MR) is 59.9 cm³/mol. The van der Waals surface area contributed by atoms with Crippen LogP contribution in [0.25, 0.3) is 0 Å². The number of carboxylic acids is 1. The van der Waals surface area contributed by atoms with E-state index in [2.05, 4.69) is 11.8 Å². The van der Waals surface area contributed by atoms with Gasteiger partial charge in [-0.3, -0.25) is 4.79 Å². The van der Waals surface area contributed by atoms with Crippen LogP contribution in [0.3, 0.4) is 0 Å². The molecule has 0 aromatic heterocycles. The number of hydrogen-bond acceptors (Lipinski definition) is 1. The molecule has 0 aliphatic heterocycles. The fourth-order valence-electron chi connectivity index (χ4n) is 1.29. The Morgan fingerprint density at radius 3 is 2.73 bits per heavy atom. The molecule has 1 aromatic rings. The lowest BCUT2D eigenvalue weighted by Gasteiger charge is -2.10. The van der Waals surface area contributed by atoms with Gasteiger partial charge < -0.3 is 5.11 Å². The minimum absolute atomic E-state index is 0.287. The second-order valence-corrected chi connectivity index (χ2v) is 3.45. The Morgan fingerprint density at radius 1 is 1.53 bits per heavy atom. The average Bonchev–Trinajstić information content (AvgIpc) is 2.20. The van der Waals surface area contributed by atoms with Gasteiger partial charge in [0.15, 0.2) is 0 Å². The number of benzene rings is 1. The first kappa shape index (κ1) is 11.6. The molecule has 1 aromatic carbocycles. The summed E-state index contributed by atoms with van der Waals surface area (Å²) >= 11 is 5.93. The number of aliphatic carboxylic acids is 1. The van der Waals surface area contributed by atoms with Crippen molar-refractivity contribution in [1.29, 1.82) is 0 Å². The maximum Gasteiger partial charge on any atom is 0.312 e. The second-order valence-electron chi connectivity index (χ2n) is 3.04. The second kappa shape index (κ2) is 5.43. The number of carbonyl (C=O) groups is 1. The van der Waals surface area contributed by atoms with Gasteiger partial charge in [-0.15, -0.1) is 11.8 Å². The highest BCUT2D eigenvalue weighted by Crippen LogP contribution is 2.26. The molecule has 78 valence electrons. The van der Waals surface area contributed by atoms with Crippen LogP contribution in [0.1, 0.15) is 24.8 Å². The lowest BCUT2D eigenvalue weighted by Crippen LogP contribution is -2.11. The van der Waals surface area contributed by atoms with Crippen LogP contribution in [0, 0.1) is 11.8 Å². The summed E-state index contributed by atoms with van der Waals surface area (Å²) in [6.45, 7) is 1.69. The van der Waals surface area contributed by atoms with E-state index in [1.165, 1.54) is 0 Å². The molecule has 3 heteroatoms. The highest BCUT2D eigenvalue weighted by atomic mass is 35.5. The maximum absolute atomic E-state index is 11.0. The van der Waals surface area contributed by atoms with Crippen LogP contribution in [-0.4, -0.2) is 11.1 Å². The largest absolute Gasteiger partial charge is 0.481 e. The van der Waals surface area contributed by atoms with Crippen LogP contribution in [0.5, 0.6) is 0 Å². The molecule has 2 nitrogen and oxygen atoms in total. The zero-order valence-electron chi connectivity index (χ0n) is 8.33. The molecule has 0 aliphatic rings. The SMILES string of the molecule is CC#CCC(C(=O)O)c1ccccc1Cl. The zero-order chi connectivity index (χ0) is 11.3. The summed E-state index contributed by atoms with van der Waals surface area (Å²) in [6, 6.07) is 6.96. The van der Waals surface area contributed by atoms with Gasteiger partial charge in [-0.25, -0.2) is 0 Å². The molecule has 0 saturated carbocycles. The molecule has 1 unspecified atom stereocenters. The summed E-state index contributed by atoms with van der Waals surface area (Å²) in [6.07, 6.45) is 0.287. The molecule has 1 N–H and O–H groups in total. The van der Waals surface area contributed by atoms with Gasteiger partial charge in [0.1, 0.15) is 0 Å². The van der Waals surface area contributed by atoms with E-state index in [1.54, 1.807) is 31.2 Å². The normalized spacial score (nSPS) is 11.3. The molecule has 0 saturated heterocycles. The molecular formula is C12H11ClO2. The van der Waals surface area contributed by atoms with Gasteiger partial charge in [0.2, 0.25) is 0 Å². The minimum atomic E-state index is -0.897. The van der Waals surface area contributed by atoms with Gasteiger partial charge in [0.05, 0.1) is 5.92 Å². The quantitative estimate of drug-likeness (QED) is 0.799. The van der Waals surface area contributed by atoms with Crippen molar-refractivity contribution in [3.8, 4) is 11.8 Å². The molecule has 0 spiro atoms. The molecule has 0 heterocycles. The number of carboxylic acid groups (broad SMARTS) is 1. The summed E-state index contributed by atoms with van der Waals surface area (Å²) < 4.78 is 0. The van der Waals surface area contributed by atoms with Crippen LogP contribution in [-0.2, 0) is 4.79 Å². The van der Waals surface area contributed by atoms with E-state index < -0.39 is 11.9 Å². The van der Waals surface area contributed by atoms with Crippen molar-refractivity contribution in [2.45, 2.75) is 19.3 Å². The molecule has 0 radical (unpaired) electrons. The molecule has 0 amide bonds. The van der Waals surface area contributed by atoms with Crippen molar-refractivity contribution in [2.75, 3.05) is 0 Å². The van der Waals surface area contributed by atoms with Gasteiger partial charge in [0, 0.05) is 11.4 Å². The van der Waals surface area contributed by atoms with Crippen molar-refractivity contribution in [2.24, 2.45) is 0 Å². The lowest BCUT2D eigenvalue weighted by atomic mass is 9.96. The third-order valence-corrected chi connectivity index (χ3v) is 2.41. The first-order valence-corrected chi connectivity index (χ1v) is 4.91. The number of rotatable bonds is 3. The van der Waals surface area contributed by atoms with Crippen molar-refractivity contribution < 1.29 is 9.90 Å². The maximum atomic E-state index is 11.0. The highest BCUT2D eigenvalue weighted by molar-refractivity contribution is 6.31. The first-order valence-electron chi connectivity index (χ1n) is 4.53. The van der Waals surface area contributed by atoms with E-state index in [4.69, 9.17) is 16.7 Å². The summed E-state index contributed by atoms with van der Waals surface area (Å²) in [5.41, 5.74) is 0.620. The third-order valence-electron chi connectivity index (χ3n) is 2.06. The highest BCUT2D eigenvalue weighted by Gasteiger charge is 2.20. The topological polar surface area (TPSA) is 37.3 Å². The fraction of sp³-hybridized carbons (Fsp3) is 0.250. The van der Waals surface area contributed by atoms with Crippen LogP contribution in [0.15, 0.2) is 24.3 Å². The predicted octanol–water partition coefficient (Wildman–Crippen LogP) is 2.92. The van der Waals surface area contributed by atoms with Gasteiger partial charge in [-0.2, -0.15) is 0 Å². The van der Waals surface area contributed by atoms with Crippen LogP contribution in [0.2, 0.25) is 5.02 Å². The Kier molecular flexibility index (Phi) is 4.20. The molecule has 1 rings (SSSR count). The zero-order valence-corrected chi connectivity index (χ0v) is 9.08. The van der Waals surface area contributed by atoms with E-state index in [1.807, 2.05) is 0 Å². The molecule has 0 aliphatic carbocycles. The van der Waals surface area contributed by atoms with E-state index >= 15 is 0 Å². The number of hydrogen-bond donors (Lipinski definition) is 1. The van der Waals surface area contributed by atoms with Crippen LogP contribution >= 0.6 is 11.6 Å². The monoisotopic (exact) mass is 222 g/mol. The van der Waals surface area contributed by atoms with E-state index in [0.29, 0.717) is 10.6 Å². The Labute approximate surface area is 93.9 Å². The molecule has 0 bridgehead atoms. The van der Waals surface area contributed by atoms with Crippen molar-refractivity contribution in [3.63, 3.8) is 0 Å². The first-order chi connectivity index (χ1) is 7.16. The van der Waals surface area contributed by atoms with Crippen LogP contribution in [0.4, 0.5) is 0 Å². The Bertz CT molecular complexity index is 415. The summed E-state index contributed by atoms with van der Waals surface area (Å²) in [5, 5.41) is 9.53. The third kappa shape index (κ3) is 3.00. The van der Waals surface area contributed by atoms with E-state index in [-0.39, 0.29) is 6.42 Å². The van der Waals surface area contributed by atoms with Crippen LogP contribution < -0.4 is 0 Å². The van der Waals surface area contributed by atoms with Gasteiger partial charge in [-0.1, -0.05) is 29.8 Å². The molecule has 15 heavy (non-hydrogen) atoms. The number of halogens is 1. The summed E-state index contributed by atoms with van der Waals surface area (Å²) in [5.74, 6) is 3.91. The van der Waals surface area contributed by atoms with Gasteiger partial charge in [-0.05, 0) is 18.6 Å². The molecule has 0 fully saturated rings. The van der Waals surface area contributed by atoms with Crippen molar-refractivity contribution >= 4 is 17.6 Å². The summed E-state index contributed by atoms with van der Waals surface area (Å²) in [7, 11) is 0. The Hall–Kier alpha value is -1.46. The van der Waals surface area contributed by atoms with E-state index in [9.17, 15) is 4.79 Å². The average molecular weight is 223 g/mol. The summed E-state index contributed by atoms with van der Waals surface area (Å²) in [4.78, 5) is 11.0. The van der Waals surface area contributed by atoms with Crippen molar-refractivity contribution in [1.82, 2.24) is 0 Å². The van der Waals surface area contributed by atoms with Gasteiger partial charge in [0.25, 0.3) is 0 Å². The standard InChI is InChI=1S/C12H11ClO2/c1-2-3-6-10(12(14)15)9-7-4-5-8-11(9)13/h4-5,7-8,10H,6H2,1H3,(H,14,15). The Morgan fingerprint density at radius 2 is 2.20 bits per heavy atom. The van der Waals surface area contributed by atoms with E-state index in [0.717, 1.165) is 0 Å². The smallest absolute Gasteiger partial charge is 0.312 e. The fourth-order valence-corrected chi connectivity index (χ4v) is 1.56. The molecular weight excluding hydrogens is 212 g/mol. The lowest BCUT2D eigenvalue weighted by molar-refractivity contribution is -0.138. The Balaban J connectivity index is 3.02. The van der Waals surface area contributed by atoms with Crippen molar-refractivity contribution in [3.05, 3.63) is 34.9 Å². The minimum Gasteiger partial charge on any atom is -0.481 e.